The summed E-state index contributed by atoms with van der Waals surface area (Å²) >= 11 is 0. The van der Waals surface area contributed by atoms with Crippen molar-refractivity contribution in [3.63, 3.8) is 0 Å². The van der Waals surface area contributed by atoms with Crippen molar-refractivity contribution in [1.82, 2.24) is 10.5 Å². The van der Waals surface area contributed by atoms with Crippen molar-refractivity contribution < 1.29 is 9.32 Å². The highest BCUT2D eigenvalue weighted by molar-refractivity contribution is 5.81. The minimum atomic E-state index is -0.478. The second-order valence-corrected chi connectivity index (χ2v) is 3.92. The van der Waals surface area contributed by atoms with Gasteiger partial charge in [0, 0.05) is 6.07 Å². The Morgan fingerprint density at radius 2 is 2.33 bits per heavy atom. The number of carbonyl (C=O) groups is 1. The normalized spacial score (nSPS) is 12.9. The predicted molar refractivity (Wildman–Crippen MR) is 55.9 cm³/mol. The quantitative estimate of drug-likeness (QED) is 0.763. The highest BCUT2D eigenvalue weighted by Crippen LogP contribution is 2.02. The van der Waals surface area contributed by atoms with Crippen LogP contribution in [0.4, 0.5) is 0 Å². The van der Waals surface area contributed by atoms with Gasteiger partial charge >= 0.3 is 0 Å². The van der Waals surface area contributed by atoms with Gasteiger partial charge in [0.1, 0.15) is 0 Å². The molecule has 1 aromatic rings. The average Bonchev–Trinajstić information content (AvgIpc) is 2.59. The smallest absolute Gasteiger partial charge is 0.237 e. The van der Waals surface area contributed by atoms with Gasteiger partial charge in [-0.25, -0.2) is 0 Å². The number of nitrogens with zero attached hydrogens (tertiary/aromatic N) is 1. The molecule has 0 radical (unpaired) electrons. The molecule has 1 aromatic heterocycles. The number of hydrogen-bond acceptors (Lipinski definition) is 4. The number of hydrogen-bond donors (Lipinski definition) is 2. The van der Waals surface area contributed by atoms with Crippen LogP contribution in [0.5, 0.6) is 0 Å². The molecule has 0 aromatic carbocycles. The molecule has 0 bridgehead atoms. The molecule has 3 N–H and O–H groups in total. The summed E-state index contributed by atoms with van der Waals surface area (Å²) in [7, 11) is 0. The molecule has 5 nitrogen and oxygen atoms in total. The van der Waals surface area contributed by atoms with E-state index in [-0.39, 0.29) is 11.8 Å². The standard InChI is InChI=1S/C10H17N3O2/c1-6(2)9(11)10(14)12-5-8-4-7(3)13-15-8/h4,6,9H,5,11H2,1-3H3,(H,12,14)/t9-/m0/s1. The molecule has 84 valence electrons. The first kappa shape index (κ1) is 11.7. The molecule has 1 heterocycles. The predicted octanol–water partition coefficient (Wildman–Crippen LogP) is 0.583. The number of aromatic nitrogens is 1. The lowest BCUT2D eigenvalue weighted by molar-refractivity contribution is -0.123. The molecule has 5 heteroatoms. The summed E-state index contributed by atoms with van der Waals surface area (Å²) in [4.78, 5) is 11.5. The molecule has 15 heavy (non-hydrogen) atoms. The molecule has 0 aliphatic rings. The Hall–Kier alpha value is -1.36. The summed E-state index contributed by atoms with van der Waals surface area (Å²) in [6.45, 7) is 5.97. The van der Waals surface area contributed by atoms with E-state index in [1.807, 2.05) is 20.8 Å². The minimum Gasteiger partial charge on any atom is -0.359 e. The van der Waals surface area contributed by atoms with Gasteiger partial charge in [-0.2, -0.15) is 0 Å². The molecule has 0 saturated carbocycles. The summed E-state index contributed by atoms with van der Waals surface area (Å²) in [6.07, 6.45) is 0. The van der Waals surface area contributed by atoms with Gasteiger partial charge in [-0.15, -0.1) is 0 Å². The lowest BCUT2D eigenvalue weighted by Crippen LogP contribution is -2.43. The topological polar surface area (TPSA) is 81.2 Å². The second-order valence-electron chi connectivity index (χ2n) is 3.92. The van der Waals surface area contributed by atoms with Gasteiger partial charge in [0.15, 0.2) is 5.76 Å². The van der Waals surface area contributed by atoms with Gasteiger partial charge in [0.25, 0.3) is 0 Å². The van der Waals surface area contributed by atoms with Crippen molar-refractivity contribution in [2.75, 3.05) is 0 Å². The van der Waals surface area contributed by atoms with Crippen LogP contribution < -0.4 is 11.1 Å². The lowest BCUT2D eigenvalue weighted by atomic mass is 10.1. The number of nitrogens with two attached hydrogens (primary N) is 1. The van der Waals surface area contributed by atoms with E-state index in [2.05, 4.69) is 10.5 Å². The Morgan fingerprint density at radius 1 is 1.67 bits per heavy atom. The Kier molecular flexibility index (Phi) is 3.85. The van der Waals surface area contributed by atoms with E-state index < -0.39 is 6.04 Å². The van der Waals surface area contributed by atoms with Crippen LogP contribution in [0, 0.1) is 12.8 Å². The van der Waals surface area contributed by atoms with E-state index in [0.717, 1.165) is 5.69 Å². The Balaban J connectivity index is 2.40. The largest absolute Gasteiger partial charge is 0.359 e. The highest BCUT2D eigenvalue weighted by atomic mass is 16.5. The van der Waals surface area contributed by atoms with Crippen LogP contribution in [0.25, 0.3) is 0 Å². The fraction of sp³-hybridized carbons (Fsp3) is 0.600. The first-order chi connectivity index (χ1) is 7.00. The minimum absolute atomic E-state index is 0.126. The number of aryl methyl sites for hydroxylation is 1. The van der Waals surface area contributed by atoms with E-state index in [9.17, 15) is 4.79 Å². The second kappa shape index (κ2) is 4.93. The Morgan fingerprint density at radius 3 is 2.80 bits per heavy atom. The molecule has 0 fully saturated rings. The third kappa shape index (κ3) is 3.36. The van der Waals surface area contributed by atoms with Gasteiger partial charge in [-0.1, -0.05) is 19.0 Å². The molecule has 1 rings (SSSR count). The van der Waals surface area contributed by atoms with E-state index in [4.69, 9.17) is 10.3 Å². The van der Waals surface area contributed by atoms with Crippen LogP contribution in [0.1, 0.15) is 25.3 Å². The van der Waals surface area contributed by atoms with Gasteiger partial charge < -0.3 is 15.6 Å². The zero-order valence-corrected chi connectivity index (χ0v) is 9.28. The zero-order valence-electron chi connectivity index (χ0n) is 9.28. The first-order valence-corrected chi connectivity index (χ1v) is 4.96. The maximum Gasteiger partial charge on any atom is 0.237 e. The van der Waals surface area contributed by atoms with Crippen LogP contribution in [-0.4, -0.2) is 17.1 Å². The lowest BCUT2D eigenvalue weighted by Gasteiger charge is -2.14. The molecular formula is C10H17N3O2. The summed E-state index contributed by atoms with van der Waals surface area (Å²) < 4.78 is 4.95. The summed E-state index contributed by atoms with van der Waals surface area (Å²) in [6, 6.07) is 1.30. The molecule has 1 amide bonds. The van der Waals surface area contributed by atoms with Gasteiger partial charge in [0.05, 0.1) is 18.3 Å². The first-order valence-electron chi connectivity index (χ1n) is 4.96. The molecule has 0 saturated heterocycles. The van der Waals surface area contributed by atoms with Crippen molar-refractivity contribution in [3.05, 3.63) is 17.5 Å². The van der Waals surface area contributed by atoms with Crippen LogP contribution >= 0.6 is 0 Å². The van der Waals surface area contributed by atoms with Crippen molar-refractivity contribution in [1.29, 1.82) is 0 Å². The van der Waals surface area contributed by atoms with E-state index in [1.54, 1.807) is 6.07 Å². The Bertz CT molecular complexity index is 333. The summed E-state index contributed by atoms with van der Waals surface area (Å²) in [5.41, 5.74) is 6.47. The van der Waals surface area contributed by atoms with E-state index >= 15 is 0 Å². The number of amides is 1. The average molecular weight is 211 g/mol. The molecule has 1 atom stereocenters. The summed E-state index contributed by atoms with van der Waals surface area (Å²) in [5, 5.41) is 6.41. The molecule has 0 spiro atoms. The summed E-state index contributed by atoms with van der Waals surface area (Å²) in [5.74, 6) is 0.595. The zero-order chi connectivity index (χ0) is 11.4. The van der Waals surface area contributed by atoms with E-state index in [1.165, 1.54) is 0 Å². The third-order valence-electron chi connectivity index (χ3n) is 2.13. The fourth-order valence-electron chi connectivity index (χ4n) is 1.09. The molecule has 0 unspecified atom stereocenters. The monoisotopic (exact) mass is 211 g/mol. The van der Waals surface area contributed by atoms with Crippen LogP contribution in [-0.2, 0) is 11.3 Å². The fourth-order valence-corrected chi connectivity index (χ4v) is 1.09. The van der Waals surface area contributed by atoms with Crippen molar-refractivity contribution in [2.24, 2.45) is 11.7 Å². The number of rotatable bonds is 4. The molecular weight excluding hydrogens is 194 g/mol. The van der Waals surface area contributed by atoms with E-state index in [0.29, 0.717) is 12.3 Å². The van der Waals surface area contributed by atoms with Crippen LogP contribution in [0.3, 0.4) is 0 Å². The number of carbonyl (C=O) groups excluding carboxylic acids is 1. The van der Waals surface area contributed by atoms with Crippen LogP contribution in [0.15, 0.2) is 10.6 Å². The SMILES string of the molecule is Cc1cc(CNC(=O)[C@@H](N)C(C)C)on1. The van der Waals surface area contributed by atoms with Gasteiger partial charge in [0.2, 0.25) is 5.91 Å². The number of nitrogens with one attached hydrogen (secondary N) is 1. The Labute approximate surface area is 89.0 Å². The third-order valence-corrected chi connectivity index (χ3v) is 2.13. The van der Waals surface area contributed by atoms with Crippen molar-refractivity contribution in [2.45, 2.75) is 33.4 Å². The van der Waals surface area contributed by atoms with Crippen molar-refractivity contribution >= 4 is 5.91 Å². The highest BCUT2D eigenvalue weighted by Gasteiger charge is 2.16. The van der Waals surface area contributed by atoms with Crippen molar-refractivity contribution in [3.8, 4) is 0 Å². The maximum atomic E-state index is 11.5. The van der Waals surface area contributed by atoms with Gasteiger partial charge in [-0.05, 0) is 12.8 Å². The van der Waals surface area contributed by atoms with Crippen LogP contribution in [0.2, 0.25) is 0 Å². The maximum absolute atomic E-state index is 11.5. The molecule has 0 aliphatic carbocycles. The van der Waals surface area contributed by atoms with Gasteiger partial charge in [-0.3, -0.25) is 4.79 Å². The molecule has 0 aliphatic heterocycles.